The molecule has 8 heteroatoms. The number of nitro benzene ring substituents is 1. The highest BCUT2D eigenvalue weighted by Gasteiger charge is 2.14. The Morgan fingerprint density at radius 2 is 1.92 bits per heavy atom. The lowest BCUT2D eigenvalue weighted by Crippen LogP contribution is -2.00. The largest absolute Gasteiger partial charge is 0.487 e. The van der Waals surface area contributed by atoms with Crippen LogP contribution in [-0.2, 0) is 13.2 Å². The van der Waals surface area contributed by atoms with Crippen molar-refractivity contribution in [2.45, 2.75) is 20.1 Å². The first-order valence-corrected chi connectivity index (χ1v) is 8.59. The van der Waals surface area contributed by atoms with Gasteiger partial charge in [-0.05, 0) is 37.3 Å². The number of ether oxygens (including phenoxy) is 2. The van der Waals surface area contributed by atoms with Crippen molar-refractivity contribution in [3.63, 3.8) is 0 Å². The zero-order chi connectivity index (χ0) is 18.5. The fourth-order valence-electron chi connectivity index (χ4n) is 2.27. The quantitative estimate of drug-likeness (QED) is 0.444. The Morgan fingerprint density at radius 3 is 2.65 bits per heavy atom. The molecule has 0 radical (unpaired) electrons. The zero-order valence-electron chi connectivity index (χ0n) is 13.8. The van der Waals surface area contributed by atoms with Crippen LogP contribution < -0.4 is 9.47 Å². The van der Waals surface area contributed by atoms with Crippen molar-refractivity contribution in [1.29, 1.82) is 0 Å². The van der Waals surface area contributed by atoms with Crippen LogP contribution in [0.5, 0.6) is 11.5 Å². The summed E-state index contributed by atoms with van der Waals surface area (Å²) in [6.45, 7) is 2.12. The highest BCUT2D eigenvalue weighted by molar-refractivity contribution is 7.09. The Kier molecular flexibility index (Phi) is 5.43. The Hall–Kier alpha value is -3.00. The maximum Gasteiger partial charge on any atom is 0.276 e. The third kappa shape index (κ3) is 4.34. The Bertz CT molecular complexity index is 912. The molecule has 134 valence electrons. The van der Waals surface area contributed by atoms with E-state index in [1.165, 1.54) is 29.5 Å². The summed E-state index contributed by atoms with van der Waals surface area (Å²) in [7, 11) is 0. The van der Waals surface area contributed by atoms with Gasteiger partial charge in [-0.25, -0.2) is 9.37 Å². The first kappa shape index (κ1) is 17.8. The Morgan fingerprint density at radius 1 is 1.15 bits per heavy atom. The Labute approximate surface area is 153 Å². The van der Waals surface area contributed by atoms with E-state index in [1.807, 2.05) is 5.38 Å². The summed E-state index contributed by atoms with van der Waals surface area (Å²) in [5, 5.41) is 13.6. The molecule has 0 saturated carbocycles. The summed E-state index contributed by atoms with van der Waals surface area (Å²) >= 11 is 1.42. The third-order valence-corrected chi connectivity index (χ3v) is 4.47. The molecule has 0 N–H and O–H groups in total. The fourth-order valence-corrected chi connectivity index (χ4v) is 2.96. The van der Waals surface area contributed by atoms with E-state index in [4.69, 9.17) is 9.47 Å². The van der Waals surface area contributed by atoms with Crippen LogP contribution in [0, 0.1) is 22.9 Å². The average molecular weight is 374 g/mol. The van der Waals surface area contributed by atoms with Crippen LogP contribution in [0.25, 0.3) is 0 Å². The average Bonchev–Trinajstić information content (AvgIpc) is 3.08. The van der Waals surface area contributed by atoms with Crippen molar-refractivity contribution in [2.24, 2.45) is 0 Å². The summed E-state index contributed by atoms with van der Waals surface area (Å²) in [5.41, 5.74) is 1.21. The second-order valence-electron chi connectivity index (χ2n) is 5.42. The summed E-state index contributed by atoms with van der Waals surface area (Å²) < 4.78 is 24.1. The van der Waals surface area contributed by atoms with Gasteiger partial charge < -0.3 is 9.47 Å². The molecule has 26 heavy (non-hydrogen) atoms. The number of thiazole rings is 1. The number of nitrogens with zero attached hydrogens (tertiary/aromatic N) is 2. The van der Waals surface area contributed by atoms with Gasteiger partial charge in [-0.1, -0.05) is 6.07 Å². The van der Waals surface area contributed by atoms with Crippen molar-refractivity contribution >= 4 is 17.0 Å². The first-order valence-electron chi connectivity index (χ1n) is 7.71. The summed E-state index contributed by atoms with van der Waals surface area (Å²) in [6.07, 6.45) is 0. The molecule has 3 rings (SSSR count). The lowest BCUT2D eigenvalue weighted by Gasteiger charge is -2.07. The number of nitro groups is 1. The van der Waals surface area contributed by atoms with Crippen molar-refractivity contribution in [1.82, 2.24) is 4.98 Å². The number of halogens is 1. The topological polar surface area (TPSA) is 74.5 Å². The molecule has 0 amide bonds. The van der Waals surface area contributed by atoms with Gasteiger partial charge in [0.15, 0.2) is 0 Å². The van der Waals surface area contributed by atoms with Crippen LogP contribution >= 0.6 is 11.3 Å². The zero-order valence-corrected chi connectivity index (χ0v) is 14.7. The molecule has 0 unspecified atom stereocenters. The molecule has 0 aliphatic heterocycles. The molecule has 0 atom stereocenters. The predicted molar refractivity (Wildman–Crippen MR) is 95.0 cm³/mol. The lowest BCUT2D eigenvalue weighted by molar-refractivity contribution is -0.385. The van der Waals surface area contributed by atoms with E-state index >= 15 is 0 Å². The minimum atomic E-state index is -0.435. The highest BCUT2D eigenvalue weighted by Crippen LogP contribution is 2.27. The maximum absolute atomic E-state index is 12.9. The van der Waals surface area contributed by atoms with E-state index in [0.717, 1.165) is 5.01 Å². The van der Waals surface area contributed by atoms with Gasteiger partial charge in [0.05, 0.1) is 16.2 Å². The number of rotatable bonds is 7. The van der Waals surface area contributed by atoms with Crippen LogP contribution in [0.4, 0.5) is 10.1 Å². The Balaban J connectivity index is 1.58. The monoisotopic (exact) mass is 374 g/mol. The van der Waals surface area contributed by atoms with Crippen molar-refractivity contribution < 1.29 is 18.8 Å². The SMILES string of the molecule is Cc1c(OCc2csc(COc3ccc(F)cc3)n2)cccc1[N+](=O)[O-]. The second kappa shape index (κ2) is 7.92. The van der Waals surface area contributed by atoms with Gasteiger partial charge >= 0.3 is 0 Å². The van der Waals surface area contributed by atoms with Gasteiger partial charge in [-0.15, -0.1) is 11.3 Å². The first-order chi connectivity index (χ1) is 12.5. The highest BCUT2D eigenvalue weighted by atomic mass is 32.1. The third-order valence-electron chi connectivity index (χ3n) is 3.60. The molecule has 2 aromatic carbocycles. The normalized spacial score (nSPS) is 10.5. The van der Waals surface area contributed by atoms with Gasteiger partial charge in [0.2, 0.25) is 0 Å². The minimum absolute atomic E-state index is 0.0224. The molecular weight excluding hydrogens is 359 g/mol. The van der Waals surface area contributed by atoms with E-state index in [0.29, 0.717) is 22.8 Å². The molecule has 0 aliphatic carbocycles. The number of aromatic nitrogens is 1. The molecule has 0 fully saturated rings. The van der Waals surface area contributed by atoms with Gasteiger partial charge in [-0.2, -0.15) is 0 Å². The lowest BCUT2D eigenvalue weighted by atomic mass is 10.2. The van der Waals surface area contributed by atoms with Crippen LogP contribution in [-0.4, -0.2) is 9.91 Å². The van der Waals surface area contributed by atoms with Gasteiger partial charge in [0, 0.05) is 11.4 Å². The van der Waals surface area contributed by atoms with E-state index in [9.17, 15) is 14.5 Å². The van der Waals surface area contributed by atoms with Crippen LogP contribution in [0.3, 0.4) is 0 Å². The molecule has 3 aromatic rings. The molecule has 0 aliphatic rings. The standard InChI is InChI=1S/C18H15FN2O4S/c1-12-16(21(22)23)3-2-4-17(12)25-9-14-11-26-18(20-14)10-24-15-7-5-13(19)6-8-15/h2-8,11H,9-10H2,1H3. The molecule has 1 aromatic heterocycles. The van der Waals surface area contributed by atoms with Gasteiger partial charge in [0.25, 0.3) is 5.69 Å². The second-order valence-corrected chi connectivity index (χ2v) is 6.36. The van der Waals surface area contributed by atoms with Crippen LogP contribution in [0.1, 0.15) is 16.3 Å². The van der Waals surface area contributed by atoms with Crippen LogP contribution in [0.15, 0.2) is 47.8 Å². The van der Waals surface area contributed by atoms with E-state index in [1.54, 1.807) is 31.2 Å². The minimum Gasteiger partial charge on any atom is -0.487 e. The fraction of sp³-hybridized carbons (Fsp3) is 0.167. The summed E-state index contributed by atoms with van der Waals surface area (Å²) in [6, 6.07) is 10.5. The van der Waals surface area contributed by atoms with Crippen molar-refractivity contribution in [3.05, 3.63) is 80.0 Å². The van der Waals surface area contributed by atoms with Gasteiger partial charge in [0.1, 0.15) is 35.5 Å². The molecule has 0 spiro atoms. The smallest absolute Gasteiger partial charge is 0.276 e. The molecule has 6 nitrogen and oxygen atoms in total. The van der Waals surface area contributed by atoms with Crippen molar-refractivity contribution in [3.8, 4) is 11.5 Å². The van der Waals surface area contributed by atoms with Gasteiger partial charge in [-0.3, -0.25) is 10.1 Å². The molecule has 1 heterocycles. The van der Waals surface area contributed by atoms with Crippen molar-refractivity contribution in [2.75, 3.05) is 0 Å². The van der Waals surface area contributed by atoms with E-state index in [-0.39, 0.29) is 24.7 Å². The van der Waals surface area contributed by atoms with E-state index in [2.05, 4.69) is 4.98 Å². The molecule has 0 saturated heterocycles. The molecular formula is C18H15FN2O4S. The number of benzene rings is 2. The van der Waals surface area contributed by atoms with Crippen LogP contribution in [0.2, 0.25) is 0 Å². The number of hydrogen-bond acceptors (Lipinski definition) is 6. The predicted octanol–water partition coefficient (Wildman–Crippen LogP) is 4.66. The maximum atomic E-state index is 12.9. The van der Waals surface area contributed by atoms with E-state index < -0.39 is 4.92 Å². The molecule has 0 bridgehead atoms. The summed E-state index contributed by atoms with van der Waals surface area (Å²) in [5.74, 6) is 0.699. The summed E-state index contributed by atoms with van der Waals surface area (Å²) in [4.78, 5) is 14.9. The number of hydrogen-bond donors (Lipinski definition) is 0.